The molecule has 0 unspecified atom stereocenters. The van der Waals surface area contributed by atoms with Crippen molar-refractivity contribution in [3.63, 3.8) is 0 Å². The highest BCUT2D eigenvalue weighted by atomic mass is 16.5. The number of nitrogens with one attached hydrogen (secondary N) is 1. The number of likely N-dealkylation sites (tertiary alicyclic amines) is 1. The minimum absolute atomic E-state index is 0.0680. The fourth-order valence-electron chi connectivity index (χ4n) is 3.13. The Balaban J connectivity index is 1.56. The highest BCUT2D eigenvalue weighted by Crippen LogP contribution is 2.31. The molecule has 1 fully saturated rings. The molecule has 2 heterocycles. The number of anilines is 1. The zero-order valence-corrected chi connectivity index (χ0v) is 13.7. The number of rotatable bonds is 5. The van der Waals surface area contributed by atoms with Gasteiger partial charge in [-0.25, -0.2) is 0 Å². The van der Waals surface area contributed by atoms with Gasteiger partial charge in [-0.1, -0.05) is 23.4 Å². The van der Waals surface area contributed by atoms with Gasteiger partial charge >= 0.3 is 0 Å². The van der Waals surface area contributed by atoms with Gasteiger partial charge in [0.15, 0.2) is 0 Å². The van der Waals surface area contributed by atoms with Gasteiger partial charge in [-0.2, -0.15) is 0 Å². The van der Waals surface area contributed by atoms with Gasteiger partial charge < -0.3 is 14.7 Å². The second-order valence-electron chi connectivity index (χ2n) is 6.10. The number of hydrogen-bond donors (Lipinski definition) is 1. The fraction of sp³-hybridized carbons (Fsp3) is 0.444. The molecule has 1 atom stereocenters. The standard InChI is InChI=1S/C18H23N3O2/c1-13-6-3-4-7-15(13)19-10-9-18(22)21-11-5-8-17(21)16-12-14(2)23-20-16/h3-4,6-7,12,17,19H,5,8-11H2,1-2H3/t17-/m1/s1. The lowest BCUT2D eigenvalue weighted by Gasteiger charge is -2.23. The summed E-state index contributed by atoms with van der Waals surface area (Å²) in [5.74, 6) is 0.967. The number of aromatic nitrogens is 1. The molecule has 1 N–H and O–H groups in total. The number of para-hydroxylation sites is 1. The fourth-order valence-corrected chi connectivity index (χ4v) is 3.13. The third kappa shape index (κ3) is 3.55. The summed E-state index contributed by atoms with van der Waals surface area (Å²) in [5.41, 5.74) is 3.16. The molecule has 2 aromatic rings. The van der Waals surface area contributed by atoms with Crippen molar-refractivity contribution in [3.05, 3.63) is 47.3 Å². The van der Waals surface area contributed by atoms with E-state index in [1.165, 1.54) is 5.56 Å². The Hall–Kier alpha value is -2.30. The van der Waals surface area contributed by atoms with Crippen molar-refractivity contribution in [3.8, 4) is 0 Å². The molecule has 122 valence electrons. The Labute approximate surface area is 136 Å². The molecule has 1 aliphatic rings. The summed E-state index contributed by atoms with van der Waals surface area (Å²) in [6.45, 7) is 5.39. The average Bonchev–Trinajstić information content (AvgIpc) is 3.17. The molecule has 1 aromatic heterocycles. The maximum Gasteiger partial charge on any atom is 0.224 e. The van der Waals surface area contributed by atoms with Crippen molar-refractivity contribution in [2.24, 2.45) is 0 Å². The van der Waals surface area contributed by atoms with E-state index in [9.17, 15) is 4.79 Å². The van der Waals surface area contributed by atoms with Crippen molar-refractivity contribution < 1.29 is 9.32 Å². The molecule has 5 heteroatoms. The summed E-state index contributed by atoms with van der Waals surface area (Å²) in [7, 11) is 0. The Bertz CT molecular complexity index is 680. The van der Waals surface area contributed by atoms with Crippen molar-refractivity contribution in [1.29, 1.82) is 0 Å². The van der Waals surface area contributed by atoms with E-state index in [2.05, 4.69) is 23.5 Å². The van der Waals surface area contributed by atoms with E-state index in [4.69, 9.17) is 4.52 Å². The molecule has 1 aromatic carbocycles. The zero-order valence-electron chi connectivity index (χ0n) is 13.7. The quantitative estimate of drug-likeness (QED) is 0.918. The first-order chi connectivity index (χ1) is 11.1. The predicted molar refractivity (Wildman–Crippen MR) is 89.2 cm³/mol. The summed E-state index contributed by atoms with van der Waals surface area (Å²) < 4.78 is 5.16. The summed E-state index contributed by atoms with van der Waals surface area (Å²) in [6.07, 6.45) is 2.47. The first-order valence-electron chi connectivity index (χ1n) is 8.17. The van der Waals surface area contributed by atoms with Gasteiger partial charge in [0.2, 0.25) is 5.91 Å². The molecule has 0 saturated carbocycles. The van der Waals surface area contributed by atoms with E-state index in [1.54, 1.807) is 0 Å². The van der Waals surface area contributed by atoms with Gasteiger partial charge in [0, 0.05) is 31.3 Å². The largest absolute Gasteiger partial charge is 0.384 e. The number of benzene rings is 1. The van der Waals surface area contributed by atoms with Gasteiger partial charge in [-0.05, 0) is 38.3 Å². The van der Waals surface area contributed by atoms with E-state index in [-0.39, 0.29) is 11.9 Å². The Morgan fingerprint density at radius 1 is 1.39 bits per heavy atom. The van der Waals surface area contributed by atoms with E-state index >= 15 is 0 Å². The summed E-state index contributed by atoms with van der Waals surface area (Å²) in [5, 5.41) is 7.43. The smallest absolute Gasteiger partial charge is 0.224 e. The van der Waals surface area contributed by atoms with Gasteiger partial charge in [0.25, 0.3) is 0 Å². The first kappa shape index (κ1) is 15.6. The monoisotopic (exact) mass is 313 g/mol. The highest BCUT2D eigenvalue weighted by Gasteiger charge is 2.31. The van der Waals surface area contributed by atoms with Gasteiger partial charge in [-0.15, -0.1) is 0 Å². The van der Waals surface area contributed by atoms with Crippen molar-refractivity contribution in [2.75, 3.05) is 18.4 Å². The van der Waals surface area contributed by atoms with Crippen LogP contribution < -0.4 is 5.32 Å². The number of nitrogens with zero attached hydrogens (tertiary/aromatic N) is 2. The molecule has 0 spiro atoms. The zero-order chi connectivity index (χ0) is 16.2. The number of carbonyl (C=O) groups is 1. The van der Waals surface area contributed by atoms with Crippen LogP contribution in [0.2, 0.25) is 0 Å². The molecular formula is C18H23N3O2. The topological polar surface area (TPSA) is 58.4 Å². The van der Waals surface area contributed by atoms with Crippen LogP contribution in [-0.4, -0.2) is 29.1 Å². The van der Waals surface area contributed by atoms with Crippen molar-refractivity contribution >= 4 is 11.6 Å². The number of carbonyl (C=O) groups excluding carboxylic acids is 1. The number of aryl methyl sites for hydroxylation is 2. The molecule has 23 heavy (non-hydrogen) atoms. The molecule has 0 aliphatic carbocycles. The molecule has 0 radical (unpaired) electrons. The SMILES string of the molecule is Cc1cc([C@H]2CCCN2C(=O)CCNc2ccccc2C)no1. The van der Waals surface area contributed by atoms with Crippen molar-refractivity contribution in [1.82, 2.24) is 10.1 Å². The molecule has 5 nitrogen and oxygen atoms in total. The number of hydrogen-bond acceptors (Lipinski definition) is 4. The molecule has 1 aliphatic heterocycles. The minimum atomic E-state index is 0.0680. The maximum atomic E-state index is 12.5. The summed E-state index contributed by atoms with van der Waals surface area (Å²) in [4.78, 5) is 14.5. The number of amides is 1. The van der Waals surface area contributed by atoms with E-state index in [1.807, 2.05) is 36.1 Å². The van der Waals surface area contributed by atoms with Crippen LogP contribution in [0.4, 0.5) is 5.69 Å². The van der Waals surface area contributed by atoms with Crippen LogP contribution in [0.5, 0.6) is 0 Å². The first-order valence-corrected chi connectivity index (χ1v) is 8.17. The maximum absolute atomic E-state index is 12.5. The summed E-state index contributed by atoms with van der Waals surface area (Å²) in [6, 6.07) is 10.1. The van der Waals surface area contributed by atoms with Gasteiger partial charge in [0.05, 0.1) is 6.04 Å². The molecular weight excluding hydrogens is 290 g/mol. The third-order valence-electron chi connectivity index (χ3n) is 4.36. The summed E-state index contributed by atoms with van der Waals surface area (Å²) >= 11 is 0. The van der Waals surface area contributed by atoms with Gasteiger partial charge in [0.1, 0.15) is 11.5 Å². The lowest BCUT2D eigenvalue weighted by atomic mass is 10.1. The van der Waals surface area contributed by atoms with Crippen LogP contribution in [0.3, 0.4) is 0 Å². The second kappa shape index (κ2) is 6.86. The van der Waals surface area contributed by atoms with Gasteiger partial charge in [-0.3, -0.25) is 4.79 Å². The third-order valence-corrected chi connectivity index (χ3v) is 4.36. The normalized spacial score (nSPS) is 17.5. The van der Waals surface area contributed by atoms with E-state index in [0.717, 1.165) is 36.5 Å². The van der Waals surface area contributed by atoms with Crippen LogP contribution >= 0.6 is 0 Å². The Morgan fingerprint density at radius 2 is 2.22 bits per heavy atom. The molecule has 1 amide bonds. The minimum Gasteiger partial charge on any atom is -0.384 e. The predicted octanol–water partition coefficient (Wildman–Crippen LogP) is 3.46. The van der Waals surface area contributed by atoms with Crippen LogP contribution in [0.1, 0.15) is 42.3 Å². The van der Waals surface area contributed by atoms with Crippen LogP contribution in [0.25, 0.3) is 0 Å². The highest BCUT2D eigenvalue weighted by molar-refractivity contribution is 5.77. The van der Waals surface area contributed by atoms with E-state index < -0.39 is 0 Å². The van der Waals surface area contributed by atoms with Crippen molar-refractivity contribution in [2.45, 2.75) is 39.2 Å². The molecule has 3 rings (SSSR count). The van der Waals surface area contributed by atoms with Crippen LogP contribution in [-0.2, 0) is 4.79 Å². The Kier molecular flexibility index (Phi) is 4.65. The molecule has 1 saturated heterocycles. The second-order valence-corrected chi connectivity index (χ2v) is 6.10. The lowest BCUT2D eigenvalue weighted by Crippen LogP contribution is -2.31. The lowest BCUT2D eigenvalue weighted by molar-refractivity contribution is -0.131. The van der Waals surface area contributed by atoms with Crippen LogP contribution in [0.15, 0.2) is 34.9 Å². The van der Waals surface area contributed by atoms with Crippen LogP contribution in [0, 0.1) is 13.8 Å². The van der Waals surface area contributed by atoms with E-state index in [0.29, 0.717) is 13.0 Å². The average molecular weight is 313 g/mol. The molecule has 0 bridgehead atoms. The Morgan fingerprint density at radius 3 is 2.96 bits per heavy atom.